The summed E-state index contributed by atoms with van der Waals surface area (Å²) < 4.78 is 5.85. The van der Waals surface area contributed by atoms with Gasteiger partial charge in [0.15, 0.2) is 0 Å². The summed E-state index contributed by atoms with van der Waals surface area (Å²) in [6, 6.07) is 0. The molecule has 0 aromatic rings. The van der Waals surface area contributed by atoms with Gasteiger partial charge >= 0.3 is 0 Å². The Labute approximate surface area is 104 Å². The quantitative estimate of drug-likeness (QED) is 0.740. The predicted molar refractivity (Wildman–Crippen MR) is 68.6 cm³/mol. The Morgan fingerprint density at radius 1 is 1.59 bits per heavy atom. The van der Waals surface area contributed by atoms with Gasteiger partial charge in [0.05, 0.1) is 11.6 Å². The van der Waals surface area contributed by atoms with Gasteiger partial charge in [-0.15, -0.1) is 0 Å². The molecule has 1 amide bonds. The van der Waals surface area contributed by atoms with Crippen LogP contribution in [0.5, 0.6) is 0 Å². The fourth-order valence-electron chi connectivity index (χ4n) is 2.41. The maximum atomic E-state index is 11.5. The lowest BCUT2D eigenvalue weighted by Crippen LogP contribution is -2.57. The zero-order valence-electron chi connectivity index (χ0n) is 11.3. The Kier molecular flexibility index (Phi) is 5.40. The molecule has 1 aliphatic rings. The van der Waals surface area contributed by atoms with E-state index in [1.807, 2.05) is 0 Å². The Morgan fingerprint density at radius 2 is 2.29 bits per heavy atom. The second-order valence-electron chi connectivity index (χ2n) is 5.47. The summed E-state index contributed by atoms with van der Waals surface area (Å²) >= 11 is 0. The van der Waals surface area contributed by atoms with Crippen LogP contribution in [0.15, 0.2) is 0 Å². The highest BCUT2D eigenvalue weighted by Gasteiger charge is 2.40. The van der Waals surface area contributed by atoms with Crippen LogP contribution >= 0.6 is 0 Å². The number of hydrogen-bond donors (Lipinski definition) is 2. The van der Waals surface area contributed by atoms with E-state index in [2.05, 4.69) is 19.2 Å². The number of amides is 1. The fraction of sp³-hybridized carbons (Fsp3) is 0.923. The molecule has 0 heterocycles. The topological polar surface area (TPSA) is 64.3 Å². The van der Waals surface area contributed by atoms with Crippen LogP contribution in [0.25, 0.3) is 0 Å². The van der Waals surface area contributed by atoms with Gasteiger partial charge in [0.25, 0.3) is 0 Å². The molecule has 0 aromatic carbocycles. The van der Waals surface area contributed by atoms with Gasteiger partial charge in [-0.2, -0.15) is 0 Å². The molecule has 17 heavy (non-hydrogen) atoms. The van der Waals surface area contributed by atoms with Gasteiger partial charge in [-0.25, -0.2) is 0 Å². The number of primary amides is 1. The molecule has 0 aromatic heterocycles. The van der Waals surface area contributed by atoms with E-state index in [1.54, 1.807) is 7.05 Å². The molecule has 0 bridgehead atoms. The average molecular weight is 242 g/mol. The highest BCUT2D eigenvalue weighted by atomic mass is 16.5. The van der Waals surface area contributed by atoms with E-state index in [0.29, 0.717) is 12.3 Å². The molecular formula is C13H26N2O2. The van der Waals surface area contributed by atoms with Crippen LogP contribution in [0.3, 0.4) is 0 Å². The molecule has 0 saturated heterocycles. The maximum absolute atomic E-state index is 11.5. The summed E-state index contributed by atoms with van der Waals surface area (Å²) in [7, 11) is 1.81. The first-order valence-electron chi connectivity index (χ1n) is 6.60. The zero-order chi connectivity index (χ0) is 12.9. The van der Waals surface area contributed by atoms with Crippen molar-refractivity contribution in [1.29, 1.82) is 0 Å². The lowest BCUT2D eigenvalue weighted by Gasteiger charge is -2.38. The van der Waals surface area contributed by atoms with Crippen molar-refractivity contribution in [3.63, 3.8) is 0 Å². The molecule has 0 radical (unpaired) electrons. The van der Waals surface area contributed by atoms with E-state index in [0.717, 1.165) is 32.3 Å². The summed E-state index contributed by atoms with van der Waals surface area (Å²) in [5, 5.41) is 3.09. The van der Waals surface area contributed by atoms with E-state index in [4.69, 9.17) is 10.5 Å². The first kappa shape index (κ1) is 14.5. The third-order valence-corrected chi connectivity index (χ3v) is 3.70. The molecule has 1 rings (SSSR count). The number of ether oxygens (including phenoxy) is 1. The van der Waals surface area contributed by atoms with Gasteiger partial charge in [0, 0.05) is 13.0 Å². The number of carbonyl (C=O) groups is 1. The fourth-order valence-corrected chi connectivity index (χ4v) is 2.41. The predicted octanol–water partition coefficient (Wildman–Crippen LogP) is 1.44. The molecule has 1 saturated carbocycles. The van der Waals surface area contributed by atoms with Crippen molar-refractivity contribution >= 4 is 5.91 Å². The highest BCUT2D eigenvalue weighted by Crippen LogP contribution is 2.30. The number of hydrogen-bond acceptors (Lipinski definition) is 3. The minimum absolute atomic E-state index is 0.169. The molecule has 4 nitrogen and oxygen atoms in total. The molecule has 0 aliphatic heterocycles. The van der Waals surface area contributed by atoms with Crippen molar-refractivity contribution in [2.45, 2.75) is 57.6 Å². The van der Waals surface area contributed by atoms with Crippen LogP contribution in [0.4, 0.5) is 0 Å². The third kappa shape index (κ3) is 3.96. The normalized spacial score (nSPS) is 29.5. The largest absolute Gasteiger partial charge is 0.378 e. The lowest BCUT2D eigenvalue weighted by molar-refractivity contribution is -0.128. The van der Waals surface area contributed by atoms with Gasteiger partial charge in [0.1, 0.15) is 0 Å². The number of rotatable bonds is 6. The van der Waals surface area contributed by atoms with Crippen LogP contribution in [0.2, 0.25) is 0 Å². The molecule has 100 valence electrons. The van der Waals surface area contributed by atoms with Crippen LogP contribution in [-0.2, 0) is 9.53 Å². The average Bonchev–Trinajstić information content (AvgIpc) is 2.28. The van der Waals surface area contributed by atoms with Crippen molar-refractivity contribution in [3.05, 3.63) is 0 Å². The zero-order valence-corrected chi connectivity index (χ0v) is 11.3. The Morgan fingerprint density at radius 3 is 2.82 bits per heavy atom. The van der Waals surface area contributed by atoms with Crippen molar-refractivity contribution in [1.82, 2.24) is 5.32 Å². The van der Waals surface area contributed by atoms with Crippen LogP contribution in [0.1, 0.15) is 46.0 Å². The lowest BCUT2D eigenvalue weighted by atomic mass is 9.79. The summed E-state index contributed by atoms with van der Waals surface area (Å²) in [4.78, 5) is 11.5. The van der Waals surface area contributed by atoms with Gasteiger partial charge in [-0.3, -0.25) is 4.79 Å². The van der Waals surface area contributed by atoms with E-state index < -0.39 is 5.54 Å². The molecule has 3 N–H and O–H groups in total. The van der Waals surface area contributed by atoms with E-state index >= 15 is 0 Å². The van der Waals surface area contributed by atoms with Crippen molar-refractivity contribution < 1.29 is 9.53 Å². The summed E-state index contributed by atoms with van der Waals surface area (Å²) in [6.45, 7) is 5.15. The van der Waals surface area contributed by atoms with Crippen molar-refractivity contribution in [2.24, 2.45) is 11.7 Å². The Hall–Kier alpha value is -0.610. The van der Waals surface area contributed by atoms with E-state index in [-0.39, 0.29) is 12.0 Å². The smallest absolute Gasteiger partial charge is 0.237 e. The van der Waals surface area contributed by atoms with Crippen LogP contribution in [0, 0.1) is 5.92 Å². The minimum atomic E-state index is -0.555. The van der Waals surface area contributed by atoms with Gasteiger partial charge < -0.3 is 15.8 Å². The van der Waals surface area contributed by atoms with Crippen molar-refractivity contribution in [3.8, 4) is 0 Å². The molecule has 2 atom stereocenters. The maximum Gasteiger partial charge on any atom is 0.237 e. The molecular weight excluding hydrogens is 216 g/mol. The second kappa shape index (κ2) is 6.36. The van der Waals surface area contributed by atoms with Crippen LogP contribution in [-0.4, -0.2) is 31.2 Å². The monoisotopic (exact) mass is 242 g/mol. The molecule has 2 unspecified atom stereocenters. The van der Waals surface area contributed by atoms with Gasteiger partial charge in [0.2, 0.25) is 5.91 Å². The molecule has 4 heteroatoms. The van der Waals surface area contributed by atoms with Gasteiger partial charge in [-0.05, 0) is 38.6 Å². The van der Waals surface area contributed by atoms with Gasteiger partial charge in [-0.1, -0.05) is 13.8 Å². The van der Waals surface area contributed by atoms with E-state index in [9.17, 15) is 4.79 Å². The number of nitrogens with two attached hydrogens (primary N) is 1. The molecule has 1 aliphatic carbocycles. The Balaban J connectivity index is 2.45. The minimum Gasteiger partial charge on any atom is -0.378 e. The van der Waals surface area contributed by atoms with Crippen LogP contribution < -0.4 is 11.1 Å². The van der Waals surface area contributed by atoms with E-state index in [1.165, 1.54) is 0 Å². The van der Waals surface area contributed by atoms with Crippen molar-refractivity contribution in [2.75, 3.05) is 13.7 Å². The number of carbonyl (C=O) groups excluding carboxylic acids is 1. The third-order valence-electron chi connectivity index (χ3n) is 3.70. The first-order valence-corrected chi connectivity index (χ1v) is 6.60. The summed E-state index contributed by atoms with van der Waals surface area (Å²) in [5.41, 5.74) is 4.94. The number of nitrogens with one attached hydrogen (secondary N) is 1. The summed E-state index contributed by atoms with van der Waals surface area (Å²) in [5.74, 6) is 0.404. The summed E-state index contributed by atoms with van der Waals surface area (Å²) in [6.07, 6.45) is 4.80. The first-order chi connectivity index (χ1) is 8.00. The number of likely N-dealkylation sites (N-methyl/N-ethyl adjacent to an activating group) is 1. The molecule has 1 fully saturated rings. The molecule has 0 spiro atoms. The highest BCUT2D eigenvalue weighted by molar-refractivity contribution is 5.84. The SMILES string of the molecule is CNC1(C(N)=O)CCCC(OCCC(C)C)C1. The second-order valence-corrected chi connectivity index (χ2v) is 5.47. The standard InChI is InChI=1S/C13H26N2O2/c1-10(2)6-8-17-11-5-4-7-13(9-11,15-3)12(14)16/h10-11,15H,4-9H2,1-3H3,(H2,14,16). The Bertz CT molecular complexity index is 256.